The number of hydrogen-bond acceptors (Lipinski definition) is 2. The molecule has 1 aromatic rings. The first kappa shape index (κ1) is 20.0. The monoisotopic (exact) mass is 368 g/mol. The number of unbranched alkanes of at least 4 members (excludes halogenated alkanes) is 1. The summed E-state index contributed by atoms with van der Waals surface area (Å²) in [7, 11) is 1.79. The van der Waals surface area contributed by atoms with Crippen LogP contribution in [0.25, 0.3) is 0 Å². The van der Waals surface area contributed by atoms with E-state index >= 15 is 0 Å². The van der Waals surface area contributed by atoms with Crippen LogP contribution in [0.4, 0.5) is 4.39 Å². The van der Waals surface area contributed by atoms with Crippen LogP contribution in [-0.2, 0) is 6.42 Å². The van der Waals surface area contributed by atoms with Gasteiger partial charge in [0.15, 0.2) is 5.96 Å². The number of nitrogens with zero attached hydrogens (tertiary/aromatic N) is 2. The van der Waals surface area contributed by atoms with Gasteiger partial charge in [0.1, 0.15) is 5.82 Å². The molecule has 1 fully saturated rings. The molecule has 0 saturated carbocycles. The molecule has 2 N–H and O–H groups in total. The fourth-order valence-corrected chi connectivity index (χ4v) is 3.37. The van der Waals surface area contributed by atoms with Crippen LogP contribution in [0.15, 0.2) is 23.2 Å². The highest BCUT2D eigenvalue weighted by Crippen LogP contribution is 2.17. The number of piperidine rings is 1. The summed E-state index contributed by atoms with van der Waals surface area (Å²) in [6.45, 7) is 6.47. The minimum absolute atomic E-state index is 0.301. The normalized spacial score (nSPS) is 16.9. The molecule has 2 rings (SSSR count). The van der Waals surface area contributed by atoms with Crippen LogP contribution in [0.5, 0.6) is 0 Å². The van der Waals surface area contributed by atoms with Crippen molar-refractivity contribution in [2.24, 2.45) is 4.99 Å². The summed E-state index contributed by atoms with van der Waals surface area (Å²) in [4.78, 5) is 6.86. The molecule has 4 nitrogen and oxygen atoms in total. The smallest absolute Gasteiger partial charge is 0.191 e. The summed E-state index contributed by atoms with van der Waals surface area (Å²) in [5, 5.41) is 7.31. The van der Waals surface area contributed by atoms with Crippen molar-refractivity contribution in [3.63, 3.8) is 0 Å². The second-order valence-corrected chi connectivity index (χ2v) is 7.01. The zero-order valence-electron chi connectivity index (χ0n) is 15.3. The molecule has 25 heavy (non-hydrogen) atoms. The number of guanidine groups is 1. The van der Waals surface area contributed by atoms with E-state index in [4.69, 9.17) is 11.6 Å². The van der Waals surface area contributed by atoms with E-state index in [1.54, 1.807) is 13.1 Å². The molecular formula is C19H30ClFN4. The molecule has 1 aliphatic heterocycles. The summed E-state index contributed by atoms with van der Waals surface area (Å²) in [5.41, 5.74) is 0.940. The first-order valence-electron chi connectivity index (χ1n) is 9.25. The van der Waals surface area contributed by atoms with Crippen molar-refractivity contribution in [2.45, 2.75) is 45.1 Å². The second kappa shape index (κ2) is 10.6. The van der Waals surface area contributed by atoms with Gasteiger partial charge in [-0.1, -0.05) is 31.0 Å². The van der Waals surface area contributed by atoms with Crippen molar-refractivity contribution in [1.29, 1.82) is 0 Å². The Morgan fingerprint density at radius 3 is 2.76 bits per heavy atom. The van der Waals surface area contributed by atoms with E-state index in [9.17, 15) is 4.39 Å². The maximum Gasteiger partial charge on any atom is 0.191 e. The van der Waals surface area contributed by atoms with Gasteiger partial charge in [-0.3, -0.25) is 4.99 Å². The zero-order valence-corrected chi connectivity index (χ0v) is 16.1. The third-order valence-electron chi connectivity index (χ3n) is 4.68. The minimum Gasteiger partial charge on any atom is -0.356 e. The molecule has 0 aromatic heterocycles. The molecule has 1 aliphatic rings. The number of hydrogen-bond donors (Lipinski definition) is 2. The number of likely N-dealkylation sites (tertiary alicyclic amines) is 1. The van der Waals surface area contributed by atoms with Gasteiger partial charge in [0.05, 0.1) is 0 Å². The fourth-order valence-electron chi connectivity index (χ4n) is 3.11. The summed E-state index contributed by atoms with van der Waals surface area (Å²) in [6.07, 6.45) is 5.57. The molecule has 0 atom stereocenters. The van der Waals surface area contributed by atoms with Crippen molar-refractivity contribution in [3.05, 3.63) is 34.6 Å². The Morgan fingerprint density at radius 2 is 2.12 bits per heavy atom. The molecule has 1 aromatic carbocycles. The van der Waals surface area contributed by atoms with Crippen LogP contribution in [0.1, 0.15) is 38.2 Å². The predicted molar refractivity (Wildman–Crippen MR) is 104 cm³/mol. The molecule has 6 heteroatoms. The first-order valence-corrected chi connectivity index (χ1v) is 9.63. The van der Waals surface area contributed by atoms with E-state index in [1.807, 2.05) is 0 Å². The van der Waals surface area contributed by atoms with E-state index in [0.29, 0.717) is 17.6 Å². The highest BCUT2D eigenvalue weighted by atomic mass is 35.5. The average molecular weight is 369 g/mol. The lowest BCUT2D eigenvalue weighted by Crippen LogP contribution is -2.49. The van der Waals surface area contributed by atoms with Gasteiger partial charge < -0.3 is 15.5 Å². The summed E-state index contributed by atoms with van der Waals surface area (Å²) in [5.74, 6) is 0.523. The maximum atomic E-state index is 13.1. The fraction of sp³-hybridized carbons (Fsp3) is 0.632. The number of aliphatic imine (C=N–C) groups is 1. The van der Waals surface area contributed by atoms with Crippen LogP contribution in [-0.4, -0.2) is 50.1 Å². The molecule has 140 valence electrons. The van der Waals surface area contributed by atoms with Gasteiger partial charge in [-0.05, 0) is 49.9 Å². The Kier molecular flexibility index (Phi) is 8.49. The first-order chi connectivity index (χ1) is 12.1. The third kappa shape index (κ3) is 6.83. The maximum absolute atomic E-state index is 13.1. The standard InChI is InChI=1S/C19H30ClFN4/c1-3-4-11-25-12-8-17(9-13-25)24-19(22-2)23-10-7-15-5-6-16(21)14-18(15)20/h5-6,14,17H,3-4,7-13H2,1-2H3,(H2,22,23,24). The number of halogens is 2. The predicted octanol–water partition coefficient (Wildman–Crippen LogP) is 3.45. The summed E-state index contributed by atoms with van der Waals surface area (Å²) < 4.78 is 13.1. The van der Waals surface area contributed by atoms with Crippen LogP contribution in [0.3, 0.4) is 0 Å². The molecule has 1 heterocycles. The van der Waals surface area contributed by atoms with Crippen LogP contribution >= 0.6 is 11.6 Å². The Bertz CT molecular complexity index is 556. The van der Waals surface area contributed by atoms with Crippen LogP contribution in [0, 0.1) is 5.82 Å². The Morgan fingerprint density at radius 1 is 1.36 bits per heavy atom. The lowest BCUT2D eigenvalue weighted by Gasteiger charge is -2.33. The summed E-state index contributed by atoms with van der Waals surface area (Å²) >= 11 is 6.07. The molecule has 0 aliphatic carbocycles. The van der Waals surface area contributed by atoms with Gasteiger partial charge >= 0.3 is 0 Å². The average Bonchev–Trinajstić information content (AvgIpc) is 2.62. The Hall–Kier alpha value is -1.33. The molecule has 0 unspecified atom stereocenters. The van der Waals surface area contributed by atoms with E-state index in [1.165, 1.54) is 31.5 Å². The molecule has 0 spiro atoms. The van der Waals surface area contributed by atoms with Crippen molar-refractivity contribution in [1.82, 2.24) is 15.5 Å². The van der Waals surface area contributed by atoms with Gasteiger partial charge in [-0.25, -0.2) is 4.39 Å². The quantitative estimate of drug-likeness (QED) is 0.572. The van der Waals surface area contributed by atoms with Gasteiger partial charge in [0.2, 0.25) is 0 Å². The largest absolute Gasteiger partial charge is 0.356 e. The van der Waals surface area contributed by atoms with E-state index in [2.05, 4.69) is 27.4 Å². The van der Waals surface area contributed by atoms with E-state index in [-0.39, 0.29) is 5.82 Å². The SMILES string of the molecule is CCCCN1CCC(NC(=NC)NCCc2ccc(F)cc2Cl)CC1. The van der Waals surface area contributed by atoms with E-state index < -0.39 is 0 Å². The number of rotatable bonds is 7. The zero-order chi connectivity index (χ0) is 18.1. The third-order valence-corrected chi connectivity index (χ3v) is 5.03. The lowest BCUT2D eigenvalue weighted by molar-refractivity contribution is 0.203. The van der Waals surface area contributed by atoms with Gasteiger partial charge in [0, 0.05) is 37.7 Å². The van der Waals surface area contributed by atoms with Gasteiger partial charge in [0.25, 0.3) is 0 Å². The van der Waals surface area contributed by atoms with E-state index in [0.717, 1.165) is 43.9 Å². The molecule has 0 radical (unpaired) electrons. The molecule has 0 bridgehead atoms. The van der Waals surface area contributed by atoms with Crippen molar-refractivity contribution >= 4 is 17.6 Å². The topological polar surface area (TPSA) is 39.7 Å². The minimum atomic E-state index is -0.301. The highest BCUT2D eigenvalue weighted by Gasteiger charge is 2.19. The number of benzene rings is 1. The lowest BCUT2D eigenvalue weighted by atomic mass is 10.0. The highest BCUT2D eigenvalue weighted by molar-refractivity contribution is 6.31. The van der Waals surface area contributed by atoms with Crippen molar-refractivity contribution in [2.75, 3.05) is 33.2 Å². The molecular weight excluding hydrogens is 339 g/mol. The van der Waals surface area contributed by atoms with Crippen molar-refractivity contribution < 1.29 is 4.39 Å². The molecule has 0 amide bonds. The van der Waals surface area contributed by atoms with Gasteiger partial charge in [-0.2, -0.15) is 0 Å². The van der Waals surface area contributed by atoms with Crippen molar-refractivity contribution in [3.8, 4) is 0 Å². The second-order valence-electron chi connectivity index (χ2n) is 6.60. The molecule has 1 saturated heterocycles. The van der Waals surface area contributed by atoms with Crippen LogP contribution in [0.2, 0.25) is 5.02 Å². The Balaban J connectivity index is 1.70. The Labute approximate surface area is 155 Å². The summed E-state index contributed by atoms with van der Waals surface area (Å²) in [6, 6.07) is 5.01. The number of nitrogens with one attached hydrogen (secondary N) is 2. The van der Waals surface area contributed by atoms with Gasteiger partial charge in [-0.15, -0.1) is 0 Å². The van der Waals surface area contributed by atoms with Crippen LogP contribution < -0.4 is 10.6 Å².